The van der Waals surface area contributed by atoms with Crippen molar-refractivity contribution in [3.05, 3.63) is 76.1 Å². The number of benzene rings is 2. The summed E-state index contributed by atoms with van der Waals surface area (Å²) in [5, 5.41) is 12.9. The maximum Gasteiger partial charge on any atom is 0.331 e. The van der Waals surface area contributed by atoms with E-state index in [4.69, 9.17) is 4.74 Å². The molecular formula is C17H13FN2O5. The van der Waals surface area contributed by atoms with Gasteiger partial charge in [-0.05, 0) is 23.8 Å². The molecule has 128 valence electrons. The quantitative estimate of drug-likeness (QED) is 0.376. The summed E-state index contributed by atoms with van der Waals surface area (Å²) in [5.41, 5.74) is 0.303. The highest BCUT2D eigenvalue weighted by Crippen LogP contribution is 2.14. The molecule has 0 saturated carbocycles. The normalized spacial score (nSPS) is 10.4. The second-order valence-corrected chi connectivity index (χ2v) is 4.82. The summed E-state index contributed by atoms with van der Waals surface area (Å²) in [4.78, 5) is 33.3. The van der Waals surface area contributed by atoms with Crippen LogP contribution in [-0.2, 0) is 14.3 Å². The standard InChI is InChI=1S/C17H13FN2O5/c18-14-6-1-2-7-15(14)19-16(21)11-25-17(22)9-8-12-4-3-5-13(10-12)20(23)24/h1-10H,11H2,(H,19,21)/b9-8+. The first-order chi connectivity index (χ1) is 12.0. The number of carbonyl (C=O) groups is 2. The summed E-state index contributed by atoms with van der Waals surface area (Å²) < 4.78 is 18.1. The first-order valence-electron chi connectivity index (χ1n) is 7.09. The lowest BCUT2D eigenvalue weighted by atomic mass is 10.2. The van der Waals surface area contributed by atoms with Crippen LogP contribution in [0.25, 0.3) is 6.08 Å². The van der Waals surface area contributed by atoms with Crippen molar-refractivity contribution < 1.29 is 23.6 Å². The minimum absolute atomic E-state index is 0.0179. The van der Waals surface area contributed by atoms with Gasteiger partial charge in [0.05, 0.1) is 10.6 Å². The molecule has 0 aliphatic rings. The number of anilines is 1. The molecule has 0 aliphatic carbocycles. The molecule has 0 aliphatic heterocycles. The van der Waals surface area contributed by atoms with Crippen LogP contribution in [0.2, 0.25) is 0 Å². The van der Waals surface area contributed by atoms with Crippen molar-refractivity contribution in [1.82, 2.24) is 0 Å². The third-order valence-electron chi connectivity index (χ3n) is 2.99. The Balaban J connectivity index is 1.86. The molecule has 0 atom stereocenters. The Labute approximate surface area is 141 Å². The molecule has 2 aromatic rings. The van der Waals surface area contributed by atoms with Crippen molar-refractivity contribution in [2.24, 2.45) is 0 Å². The second kappa shape index (κ2) is 8.34. The Kier molecular flexibility index (Phi) is 5.94. The number of esters is 1. The van der Waals surface area contributed by atoms with E-state index in [0.29, 0.717) is 5.56 Å². The number of rotatable bonds is 6. The van der Waals surface area contributed by atoms with Gasteiger partial charge in [-0.15, -0.1) is 0 Å². The monoisotopic (exact) mass is 344 g/mol. The number of hydrogen-bond acceptors (Lipinski definition) is 5. The van der Waals surface area contributed by atoms with E-state index in [1.54, 1.807) is 12.1 Å². The van der Waals surface area contributed by atoms with Gasteiger partial charge in [0.2, 0.25) is 0 Å². The summed E-state index contributed by atoms with van der Waals surface area (Å²) in [6.45, 7) is -0.591. The van der Waals surface area contributed by atoms with Crippen molar-refractivity contribution in [2.75, 3.05) is 11.9 Å². The van der Waals surface area contributed by atoms with E-state index in [2.05, 4.69) is 5.32 Å². The molecule has 0 radical (unpaired) electrons. The summed E-state index contributed by atoms with van der Waals surface area (Å²) in [5.74, 6) is -2.11. The van der Waals surface area contributed by atoms with Crippen LogP contribution in [0.15, 0.2) is 54.6 Å². The van der Waals surface area contributed by atoms with Gasteiger partial charge >= 0.3 is 5.97 Å². The molecule has 2 aromatic carbocycles. The highest BCUT2D eigenvalue weighted by atomic mass is 19.1. The van der Waals surface area contributed by atoms with Crippen LogP contribution in [0, 0.1) is 15.9 Å². The molecule has 7 nitrogen and oxygen atoms in total. The molecule has 1 N–H and O–H groups in total. The first-order valence-corrected chi connectivity index (χ1v) is 7.09. The average Bonchev–Trinajstić information content (AvgIpc) is 2.60. The number of hydrogen-bond donors (Lipinski definition) is 1. The number of halogens is 1. The van der Waals surface area contributed by atoms with E-state index in [9.17, 15) is 24.1 Å². The lowest BCUT2D eigenvalue weighted by Crippen LogP contribution is -2.20. The molecule has 1 amide bonds. The number of non-ortho nitro benzene ring substituents is 1. The van der Waals surface area contributed by atoms with E-state index in [-0.39, 0.29) is 11.4 Å². The van der Waals surface area contributed by atoms with Gasteiger partial charge in [-0.1, -0.05) is 24.3 Å². The third kappa shape index (κ3) is 5.54. The molecule has 0 spiro atoms. The van der Waals surface area contributed by atoms with Crippen LogP contribution in [0.4, 0.5) is 15.8 Å². The first kappa shape index (κ1) is 17.8. The fraction of sp³-hybridized carbons (Fsp3) is 0.0588. The number of ether oxygens (including phenoxy) is 1. The van der Waals surface area contributed by atoms with Crippen LogP contribution >= 0.6 is 0 Å². The van der Waals surface area contributed by atoms with Gasteiger partial charge in [0.25, 0.3) is 11.6 Å². The maximum absolute atomic E-state index is 13.4. The van der Waals surface area contributed by atoms with Crippen molar-refractivity contribution in [1.29, 1.82) is 0 Å². The van der Waals surface area contributed by atoms with Crippen molar-refractivity contribution in [3.8, 4) is 0 Å². The summed E-state index contributed by atoms with van der Waals surface area (Å²) in [7, 11) is 0. The number of para-hydroxylation sites is 1. The molecule has 2 rings (SSSR count). The van der Waals surface area contributed by atoms with E-state index >= 15 is 0 Å². The number of nitro benzene ring substituents is 1. The van der Waals surface area contributed by atoms with Gasteiger partial charge < -0.3 is 10.1 Å². The minimum atomic E-state index is -0.810. The van der Waals surface area contributed by atoms with E-state index in [0.717, 1.165) is 6.08 Å². The Morgan fingerprint density at radius 1 is 1.20 bits per heavy atom. The van der Waals surface area contributed by atoms with Crippen molar-refractivity contribution in [2.45, 2.75) is 0 Å². The molecule has 0 fully saturated rings. The molecule has 0 unspecified atom stereocenters. The number of nitrogens with zero attached hydrogens (tertiary/aromatic N) is 1. The topological polar surface area (TPSA) is 98.5 Å². The van der Waals surface area contributed by atoms with Crippen LogP contribution in [0.3, 0.4) is 0 Å². The highest BCUT2D eigenvalue weighted by Gasteiger charge is 2.09. The smallest absolute Gasteiger partial charge is 0.331 e. The van der Waals surface area contributed by atoms with Crippen molar-refractivity contribution >= 4 is 29.3 Å². The molecule has 0 saturated heterocycles. The fourth-order valence-electron chi connectivity index (χ4n) is 1.84. The Morgan fingerprint density at radius 3 is 2.68 bits per heavy atom. The molecule has 8 heteroatoms. The molecule has 25 heavy (non-hydrogen) atoms. The zero-order valence-electron chi connectivity index (χ0n) is 12.8. The fourth-order valence-corrected chi connectivity index (χ4v) is 1.84. The summed E-state index contributed by atoms with van der Waals surface area (Å²) >= 11 is 0. The second-order valence-electron chi connectivity index (χ2n) is 4.82. The molecule has 0 aromatic heterocycles. The largest absolute Gasteiger partial charge is 0.452 e. The van der Waals surface area contributed by atoms with Gasteiger partial charge in [-0.3, -0.25) is 14.9 Å². The van der Waals surface area contributed by atoms with Gasteiger partial charge in [0.15, 0.2) is 6.61 Å². The van der Waals surface area contributed by atoms with E-state index in [1.807, 2.05) is 0 Å². The Bertz CT molecular complexity index is 835. The van der Waals surface area contributed by atoms with Gasteiger partial charge in [0.1, 0.15) is 5.82 Å². The number of nitrogens with one attached hydrogen (secondary N) is 1. The van der Waals surface area contributed by atoms with Crippen LogP contribution < -0.4 is 5.32 Å². The number of amides is 1. The molecular weight excluding hydrogens is 331 g/mol. The Hall–Kier alpha value is -3.55. The number of nitro groups is 1. The van der Waals surface area contributed by atoms with Crippen LogP contribution in [-0.4, -0.2) is 23.4 Å². The van der Waals surface area contributed by atoms with Crippen LogP contribution in [0.5, 0.6) is 0 Å². The summed E-state index contributed by atoms with van der Waals surface area (Å²) in [6, 6.07) is 11.2. The van der Waals surface area contributed by atoms with E-state index < -0.39 is 29.2 Å². The predicted molar refractivity (Wildman–Crippen MR) is 88.1 cm³/mol. The highest BCUT2D eigenvalue weighted by molar-refractivity contribution is 5.94. The molecule has 0 heterocycles. The summed E-state index contributed by atoms with van der Waals surface area (Å²) in [6.07, 6.45) is 2.36. The van der Waals surface area contributed by atoms with Gasteiger partial charge in [-0.25, -0.2) is 9.18 Å². The van der Waals surface area contributed by atoms with E-state index in [1.165, 1.54) is 42.5 Å². The average molecular weight is 344 g/mol. The SMILES string of the molecule is O=C(COC(=O)/C=C/c1cccc([N+](=O)[O-])c1)Nc1ccccc1F. The van der Waals surface area contributed by atoms with Gasteiger partial charge in [-0.2, -0.15) is 0 Å². The number of carbonyl (C=O) groups excluding carboxylic acids is 2. The lowest BCUT2D eigenvalue weighted by Gasteiger charge is -2.06. The molecule has 0 bridgehead atoms. The lowest BCUT2D eigenvalue weighted by molar-refractivity contribution is -0.384. The minimum Gasteiger partial charge on any atom is -0.452 e. The van der Waals surface area contributed by atoms with Gasteiger partial charge in [0, 0.05) is 18.2 Å². The Morgan fingerprint density at radius 2 is 1.96 bits per heavy atom. The van der Waals surface area contributed by atoms with Crippen LogP contribution in [0.1, 0.15) is 5.56 Å². The maximum atomic E-state index is 13.4. The third-order valence-corrected chi connectivity index (χ3v) is 2.99. The predicted octanol–water partition coefficient (Wildman–Crippen LogP) is 2.93. The van der Waals surface area contributed by atoms with Crippen molar-refractivity contribution in [3.63, 3.8) is 0 Å². The zero-order valence-corrected chi connectivity index (χ0v) is 12.8. The zero-order chi connectivity index (χ0) is 18.2.